The molecule has 0 bridgehead atoms. The molecule has 0 spiro atoms. The second-order valence-corrected chi connectivity index (χ2v) is 3.43. The highest BCUT2D eigenvalue weighted by Crippen LogP contribution is 2.06. The van der Waals surface area contributed by atoms with E-state index >= 15 is 0 Å². The molecule has 2 rings (SSSR count). The summed E-state index contributed by atoms with van der Waals surface area (Å²) < 4.78 is 0. The maximum absolute atomic E-state index is 11.7. The van der Waals surface area contributed by atoms with E-state index in [-0.39, 0.29) is 11.6 Å². The Morgan fingerprint density at radius 1 is 1.53 bits per heavy atom. The van der Waals surface area contributed by atoms with Gasteiger partial charge in [-0.25, -0.2) is 4.98 Å². The lowest BCUT2D eigenvalue weighted by Crippen LogP contribution is -2.13. The van der Waals surface area contributed by atoms with E-state index < -0.39 is 0 Å². The monoisotopic (exact) mass is 227 g/mol. The first-order valence-electron chi connectivity index (χ1n) is 4.88. The SMILES string of the molecule is Cc1cc(NC(=O)c2ccc(C#N)cn2)n[nH]1. The fourth-order valence-electron chi connectivity index (χ4n) is 1.26. The number of nitrogens with one attached hydrogen (secondary N) is 2. The van der Waals surface area contributed by atoms with Crippen LogP contribution in [0.5, 0.6) is 0 Å². The molecule has 84 valence electrons. The number of nitriles is 1. The molecule has 2 heterocycles. The molecular weight excluding hydrogens is 218 g/mol. The lowest BCUT2D eigenvalue weighted by molar-refractivity contribution is 0.102. The molecule has 0 aliphatic rings. The normalized spacial score (nSPS) is 9.65. The lowest BCUT2D eigenvalue weighted by Gasteiger charge is -2.00. The summed E-state index contributed by atoms with van der Waals surface area (Å²) in [6, 6.07) is 6.68. The Kier molecular flexibility index (Phi) is 2.83. The molecular formula is C11H9N5O. The van der Waals surface area contributed by atoms with Gasteiger partial charge in [0.15, 0.2) is 5.82 Å². The molecule has 0 aliphatic carbocycles. The Morgan fingerprint density at radius 3 is 2.88 bits per heavy atom. The van der Waals surface area contributed by atoms with Crippen molar-refractivity contribution in [2.75, 3.05) is 5.32 Å². The van der Waals surface area contributed by atoms with E-state index in [0.717, 1.165) is 5.69 Å². The van der Waals surface area contributed by atoms with Crippen LogP contribution in [0.1, 0.15) is 21.7 Å². The molecule has 6 nitrogen and oxygen atoms in total. The zero-order valence-electron chi connectivity index (χ0n) is 9.06. The number of anilines is 1. The minimum Gasteiger partial charge on any atom is -0.304 e. The summed E-state index contributed by atoms with van der Waals surface area (Å²) in [7, 11) is 0. The van der Waals surface area contributed by atoms with Gasteiger partial charge in [0, 0.05) is 18.0 Å². The number of rotatable bonds is 2. The van der Waals surface area contributed by atoms with Crippen molar-refractivity contribution in [2.45, 2.75) is 6.92 Å². The van der Waals surface area contributed by atoms with E-state index in [0.29, 0.717) is 11.4 Å². The third-order valence-corrected chi connectivity index (χ3v) is 2.07. The number of amides is 1. The summed E-state index contributed by atoms with van der Waals surface area (Å²) in [5.41, 5.74) is 1.51. The molecule has 0 unspecified atom stereocenters. The molecule has 2 N–H and O–H groups in total. The van der Waals surface area contributed by atoms with Gasteiger partial charge >= 0.3 is 0 Å². The maximum atomic E-state index is 11.7. The minimum atomic E-state index is -0.360. The van der Waals surface area contributed by atoms with Crippen LogP contribution in [-0.2, 0) is 0 Å². The largest absolute Gasteiger partial charge is 0.304 e. The number of hydrogen-bond donors (Lipinski definition) is 2. The van der Waals surface area contributed by atoms with Crippen molar-refractivity contribution < 1.29 is 4.79 Å². The summed E-state index contributed by atoms with van der Waals surface area (Å²) in [6.07, 6.45) is 1.35. The Bertz CT molecular complexity index is 579. The Balaban J connectivity index is 2.12. The third kappa shape index (κ3) is 2.46. The smallest absolute Gasteiger partial charge is 0.275 e. The van der Waals surface area contributed by atoms with Crippen LogP contribution >= 0.6 is 0 Å². The predicted octanol–water partition coefficient (Wildman–Crippen LogP) is 1.24. The second kappa shape index (κ2) is 4.45. The molecule has 0 saturated carbocycles. The number of pyridine rings is 1. The van der Waals surface area contributed by atoms with E-state index in [1.807, 2.05) is 13.0 Å². The van der Waals surface area contributed by atoms with Crippen LogP contribution in [0.15, 0.2) is 24.4 Å². The van der Waals surface area contributed by atoms with Gasteiger partial charge in [-0.3, -0.25) is 9.89 Å². The second-order valence-electron chi connectivity index (χ2n) is 3.43. The first-order valence-corrected chi connectivity index (χ1v) is 4.88. The van der Waals surface area contributed by atoms with Crippen LogP contribution in [0.25, 0.3) is 0 Å². The summed E-state index contributed by atoms with van der Waals surface area (Å²) in [6.45, 7) is 1.84. The van der Waals surface area contributed by atoms with Crippen LogP contribution in [0, 0.1) is 18.3 Å². The van der Waals surface area contributed by atoms with Gasteiger partial charge in [0.25, 0.3) is 5.91 Å². The first-order chi connectivity index (χ1) is 8.19. The Hall–Kier alpha value is -2.68. The first kappa shape index (κ1) is 10.8. The number of H-pyrrole nitrogens is 1. The van der Waals surface area contributed by atoms with Crippen molar-refractivity contribution in [3.05, 3.63) is 41.3 Å². The van der Waals surface area contributed by atoms with Gasteiger partial charge in [-0.05, 0) is 19.1 Å². The van der Waals surface area contributed by atoms with E-state index in [4.69, 9.17) is 5.26 Å². The van der Waals surface area contributed by atoms with Crippen molar-refractivity contribution in [3.63, 3.8) is 0 Å². The number of aromatic amines is 1. The van der Waals surface area contributed by atoms with Gasteiger partial charge < -0.3 is 5.32 Å². The maximum Gasteiger partial charge on any atom is 0.275 e. The molecule has 0 atom stereocenters. The molecule has 2 aromatic heterocycles. The van der Waals surface area contributed by atoms with E-state index in [1.165, 1.54) is 18.3 Å². The van der Waals surface area contributed by atoms with Crippen molar-refractivity contribution in [3.8, 4) is 6.07 Å². The van der Waals surface area contributed by atoms with Crippen LogP contribution in [0.3, 0.4) is 0 Å². The number of aromatic nitrogens is 3. The lowest BCUT2D eigenvalue weighted by atomic mass is 10.2. The molecule has 0 radical (unpaired) electrons. The van der Waals surface area contributed by atoms with Crippen molar-refractivity contribution in [1.82, 2.24) is 15.2 Å². The standard InChI is InChI=1S/C11H9N5O/c1-7-4-10(16-15-7)14-11(17)9-3-2-8(5-12)6-13-9/h2-4,6H,1H3,(H2,14,15,16,17). The fourth-order valence-corrected chi connectivity index (χ4v) is 1.26. The van der Waals surface area contributed by atoms with E-state index in [2.05, 4.69) is 20.5 Å². The van der Waals surface area contributed by atoms with Crippen molar-refractivity contribution in [2.24, 2.45) is 0 Å². The van der Waals surface area contributed by atoms with Crippen molar-refractivity contribution in [1.29, 1.82) is 5.26 Å². The molecule has 0 fully saturated rings. The average molecular weight is 227 g/mol. The van der Waals surface area contributed by atoms with Crippen LogP contribution in [0.2, 0.25) is 0 Å². The molecule has 0 saturated heterocycles. The van der Waals surface area contributed by atoms with Crippen molar-refractivity contribution >= 4 is 11.7 Å². The number of carbonyl (C=O) groups is 1. The minimum absolute atomic E-state index is 0.240. The van der Waals surface area contributed by atoms with Crippen LogP contribution in [0.4, 0.5) is 5.82 Å². The molecule has 0 aromatic carbocycles. The third-order valence-electron chi connectivity index (χ3n) is 2.07. The highest BCUT2D eigenvalue weighted by atomic mass is 16.1. The van der Waals surface area contributed by atoms with Gasteiger partial charge in [-0.1, -0.05) is 0 Å². The highest BCUT2D eigenvalue weighted by molar-refractivity contribution is 6.02. The van der Waals surface area contributed by atoms with Gasteiger partial charge in [0.2, 0.25) is 0 Å². The quantitative estimate of drug-likeness (QED) is 0.806. The van der Waals surface area contributed by atoms with E-state index in [1.54, 1.807) is 6.07 Å². The van der Waals surface area contributed by atoms with Gasteiger partial charge in [0.1, 0.15) is 11.8 Å². The predicted molar refractivity (Wildman–Crippen MR) is 60.2 cm³/mol. The van der Waals surface area contributed by atoms with E-state index in [9.17, 15) is 4.79 Å². The van der Waals surface area contributed by atoms with Gasteiger partial charge in [0.05, 0.1) is 5.56 Å². The highest BCUT2D eigenvalue weighted by Gasteiger charge is 2.08. The molecule has 1 amide bonds. The molecule has 6 heteroatoms. The zero-order chi connectivity index (χ0) is 12.3. The number of aryl methyl sites for hydroxylation is 1. The summed E-state index contributed by atoms with van der Waals surface area (Å²) in [5.74, 6) is 0.0830. The molecule has 2 aromatic rings. The Labute approximate surface area is 97.3 Å². The number of nitrogens with zero attached hydrogens (tertiary/aromatic N) is 3. The molecule has 0 aliphatic heterocycles. The Morgan fingerprint density at radius 2 is 2.35 bits per heavy atom. The topological polar surface area (TPSA) is 94.5 Å². The van der Waals surface area contributed by atoms with Crippen LogP contribution in [-0.4, -0.2) is 21.1 Å². The number of carbonyl (C=O) groups excluding carboxylic acids is 1. The molecule has 17 heavy (non-hydrogen) atoms. The van der Waals surface area contributed by atoms with Gasteiger partial charge in [-0.2, -0.15) is 10.4 Å². The summed E-state index contributed by atoms with van der Waals surface area (Å²) in [4.78, 5) is 15.6. The average Bonchev–Trinajstić information content (AvgIpc) is 2.75. The summed E-state index contributed by atoms with van der Waals surface area (Å²) >= 11 is 0. The zero-order valence-corrected chi connectivity index (χ0v) is 9.06. The number of hydrogen-bond acceptors (Lipinski definition) is 4. The van der Waals surface area contributed by atoms with Crippen LogP contribution < -0.4 is 5.32 Å². The van der Waals surface area contributed by atoms with Gasteiger partial charge in [-0.15, -0.1) is 0 Å². The fraction of sp³-hybridized carbons (Fsp3) is 0.0909. The summed E-state index contributed by atoms with van der Waals surface area (Å²) in [5, 5.41) is 17.8.